The van der Waals surface area contributed by atoms with Crippen molar-refractivity contribution in [3.8, 4) is 0 Å². The van der Waals surface area contributed by atoms with Gasteiger partial charge in [0.25, 0.3) is 0 Å². The number of rotatable bonds is 5. The number of nitrogens with zero attached hydrogens (tertiary/aromatic N) is 1. The van der Waals surface area contributed by atoms with E-state index in [9.17, 15) is 8.78 Å². The van der Waals surface area contributed by atoms with Gasteiger partial charge in [0.05, 0.1) is 11.0 Å². The molecule has 1 aromatic heterocycles. The van der Waals surface area contributed by atoms with Crippen LogP contribution in [-0.2, 0) is 13.0 Å². The topological polar surface area (TPSA) is 40.7 Å². The van der Waals surface area contributed by atoms with Gasteiger partial charge in [-0.2, -0.15) is 0 Å². The zero-order chi connectivity index (χ0) is 14.7. The van der Waals surface area contributed by atoms with Crippen LogP contribution in [0.2, 0.25) is 0 Å². The number of aromatic nitrogens is 2. The van der Waals surface area contributed by atoms with Gasteiger partial charge in [-0.15, -0.1) is 0 Å². The standard InChI is InChI=1S/C16H15F2N3/c17-12-8-14-15(9-13(12)18)21-16(20-14)6-7-19-10-11-4-2-1-3-5-11/h1-5,8-9,19H,6-7,10H2,(H,20,21). The SMILES string of the molecule is Fc1cc2nc(CCNCc3ccccc3)[nH]c2cc1F. The van der Waals surface area contributed by atoms with Crippen LogP contribution in [-0.4, -0.2) is 16.5 Å². The van der Waals surface area contributed by atoms with Crippen molar-refractivity contribution in [2.24, 2.45) is 0 Å². The molecule has 2 N–H and O–H groups in total. The maximum atomic E-state index is 13.1. The second-order valence-electron chi connectivity index (χ2n) is 4.88. The minimum atomic E-state index is -0.872. The highest BCUT2D eigenvalue weighted by Crippen LogP contribution is 2.16. The summed E-state index contributed by atoms with van der Waals surface area (Å²) in [6, 6.07) is 12.3. The highest BCUT2D eigenvalue weighted by atomic mass is 19.2. The van der Waals surface area contributed by atoms with Crippen molar-refractivity contribution in [2.75, 3.05) is 6.54 Å². The Morgan fingerprint density at radius 2 is 1.81 bits per heavy atom. The third-order valence-electron chi connectivity index (χ3n) is 3.28. The van der Waals surface area contributed by atoms with Crippen LogP contribution in [0.15, 0.2) is 42.5 Å². The average molecular weight is 287 g/mol. The van der Waals surface area contributed by atoms with Crippen molar-refractivity contribution in [1.29, 1.82) is 0 Å². The summed E-state index contributed by atoms with van der Waals surface area (Å²) >= 11 is 0. The first kappa shape index (κ1) is 13.7. The number of benzene rings is 2. The third-order valence-corrected chi connectivity index (χ3v) is 3.28. The number of halogens is 2. The van der Waals surface area contributed by atoms with Gasteiger partial charge in [-0.05, 0) is 5.56 Å². The molecule has 0 unspecified atom stereocenters. The largest absolute Gasteiger partial charge is 0.342 e. The fourth-order valence-corrected chi connectivity index (χ4v) is 2.21. The van der Waals surface area contributed by atoms with E-state index in [4.69, 9.17) is 0 Å². The lowest BCUT2D eigenvalue weighted by Crippen LogP contribution is -2.17. The maximum absolute atomic E-state index is 13.1. The van der Waals surface area contributed by atoms with Gasteiger partial charge >= 0.3 is 0 Å². The van der Waals surface area contributed by atoms with Gasteiger partial charge in [0.2, 0.25) is 0 Å². The van der Waals surface area contributed by atoms with E-state index in [1.165, 1.54) is 5.56 Å². The number of H-pyrrole nitrogens is 1. The van der Waals surface area contributed by atoms with Gasteiger partial charge in [-0.3, -0.25) is 0 Å². The van der Waals surface area contributed by atoms with E-state index in [1.54, 1.807) is 0 Å². The van der Waals surface area contributed by atoms with Crippen molar-refractivity contribution in [2.45, 2.75) is 13.0 Å². The third kappa shape index (κ3) is 3.25. The molecule has 3 nitrogen and oxygen atoms in total. The number of hydrogen-bond donors (Lipinski definition) is 2. The van der Waals surface area contributed by atoms with Crippen LogP contribution >= 0.6 is 0 Å². The molecule has 0 spiro atoms. The molecular formula is C16H15F2N3. The number of nitrogens with one attached hydrogen (secondary N) is 2. The van der Waals surface area contributed by atoms with E-state index >= 15 is 0 Å². The molecule has 0 aliphatic heterocycles. The summed E-state index contributed by atoms with van der Waals surface area (Å²) in [6.07, 6.45) is 0.671. The molecule has 0 radical (unpaired) electrons. The molecule has 0 saturated heterocycles. The molecule has 5 heteroatoms. The predicted octanol–water partition coefficient (Wildman–Crippen LogP) is 3.17. The van der Waals surface area contributed by atoms with Crippen molar-refractivity contribution in [3.63, 3.8) is 0 Å². The molecule has 0 aliphatic carbocycles. The fourth-order valence-electron chi connectivity index (χ4n) is 2.21. The van der Waals surface area contributed by atoms with E-state index in [1.807, 2.05) is 18.2 Å². The molecule has 0 atom stereocenters. The Hall–Kier alpha value is -2.27. The smallest absolute Gasteiger partial charge is 0.161 e. The van der Waals surface area contributed by atoms with Crippen LogP contribution in [0.1, 0.15) is 11.4 Å². The van der Waals surface area contributed by atoms with Crippen LogP contribution in [0.5, 0.6) is 0 Å². The summed E-state index contributed by atoms with van der Waals surface area (Å²) in [7, 11) is 0. The van der Waals surface area contributed by atoms with E-state index in [-0.39, 0.29) is 0 Å². The highest BCUT2D eigenvalue weighted by molar-refractivity contribution is 5.75. The van der Waals surface area contributed by atoms with Gasteiger partial charge in [-0.25, -0.2) is 13.8 Å². The zero-order valence-electron chi connectivity index (χ0n) is 11.4. The van der Waals surface area contributed by atoms with Crippen molar-refractivity contribution >= 4 is 11.0 Å². The van der Waals surface area contributed by atoms with Crippen LogP contribution in [0.25, 0.3) is 11.0 Å². The summed E-state index contributed by atoms with van der Waals surface area (Å²) in [6.45, 7) is 1.52. The molecule has 0 amide bonds. The van der Waals surface area contributed by atoms with Gasteiger partial charge in [0.15, 0.2) is 11.6 Å². The first-order chi connectivity index (χ1) is 10.2. The number of fused-ring (bicyclic) bond motifs is 1. The minimum absolute atomic E-state index is 0.451. The van der Waals surface area contributed by atoms with E-state index in [2.05, 4.69) is 27.4 Å². The monoisotopic (exact) mass is 287 g/mol. The normalized spacial score (nSPS) is 11.1. The van der Waals surface area contributed by atoms with Gasteiger partial charge < -0.3 is 10.3 Å². The van der Waals surface area contributed by atoms with Gasteiger partial charge in [0, 0.05) is 31.6 Å². The molecule has 0 bridgehead atoms. The van der Waals surface area contributed by atoms with E-state index < -0.39 is 11.6 Å². The first-order valence-corrected chi connectivity index (χ1v) is 6.80. The van der Waals surface area contributed by atoms with E-state index in [0.717, 1.165) is 31.0 Å². The summed E-state index contributed by atoms with van der Waals surface area (Å²) < 4.78 is 26.2. The summed E-state index contributed by atoms with van der Waals surface area (Å²) in [5.74, 6) is -1.02. The van der Waals surface area contributed by atoms with Crippen molar-refractivity contribution < 1.29 is 8.78 Å². The van der Waals surface area contributed by atoms with Crippen molar-refractivity contribution in [3.05, 3.63) is 65.5 Å². The van der Waals surface area contributed by atoms with Gasteiger partial charge in [-0.1, -0.05) is 30.3 Å². The molecule has 0 aliphatic rings. The molecule has 3 aromatic rings. The predicted molar refractivity (Wildman–Crippen MR) is 77.9 cm³/mol. The van der Waals surface area contributed by atoms with Crippen LogP contribution in [0, 0.1) is 11.6 Å². The molecule has 2 aromatic carbocycles. The zero-order valence-corrected chi connectivity index (χ0v) is 11.4. The lowest BCUT2D eigenvalue weighted by molar-refractivity contribution is 0.510. The summed E-state index contributed by atoms with van der Waals surface area (Å²) in [5.41, 5.74) is 2.19. The lowest BCUT2D eigenvalue weighted by atomic mass is 10.2. The van der Waals surface area contributed by atoms with Gasteiger partial charge in [0.1, 0.15) is 5.82 Å². The minimum Gasteiger partial charge on any atom is -0.342 e. The second-order valence-corrected chi connectivity index (χ2v) is 4.88. The first-order valence-electron chi connectivity index (χ1n) is 6.80. The number of aromatic amines is 1. The quantitative estimate of drug-likeness (QED) is 0.708. The Morgan fingerprint density at radius 1 is 1.05 bits per heavy atom. The molecule has 0 saturated carbocycles. The Kier molecular flexibility index (Phi) is 3.92. The average Bonchev–Trinajstić information content (AvgIpc) is 2.87. The number of imidazole rings is 1. The molecule has 1 heterocycles. The number of hydrogen-bond acceptors (Lipinski definition) is 2. The molecule has 0 fully saturated rings. The van der Waals surface area contributed by atoms with Crippen LogP contribution < -0.4 is 5.32 Å². The molecule has 3 rings (SSSR count). The van der Waals surface area contributed by atoms with E-state index in [0.29, 0.717) is 17.5 Å². The summed E-state index contributed by atoms with van der Waals surface area (Å²) in [4.78, 5) is 7.26. The molecule has 21 heavy (non-hydrogen) atoms. The Bertz CT molecular complexity index is 699. The Morgan fingerprint density at radius 3 is 2.62 bits per heavy atom. The molecule has 108 valence electrons. The summed E-state index contributed by atoms with van der Waals surface area (Å²) in [5, 5.41) is 3.31. The van der Waals surface area contributed by atoms with Crippen LogP contribution in [0.3, 0.4) is 0 Å². The van der Waals surface area contributed by atoms with Crippen molar-refractivity contribution in [1.82, 2.24) is 15.3 Å². The molecular weight excluding hydrogens is 272 g/mol. The Labute approximate surface area is 121 Å². The second kappa shape index (κ2) is 6.01. The fraction of sp³-hybridized carbons (Fsp3) is 0.188. The Balaban J connectivity index is 1.58. The highest BCUT2D eigenvalue weighted by Gasteiger charge is 2.08. The lowest BCUT2D eigenvalue weighted by Gasteiger charge is -2.03. The maximum Gasteiger partial charge on any atom is 0.161 e. The van der Waals surface area contributed by atoms with Crippen LogP contribution in [0.4, 0.5) is 8.78 Å².